The molecular formula is C9H6ClNO2. The van der Waals surface area contributed by atoms with Crippen molar-refractivity contribution in [2.24, 2.45) is 0 Å². The Morgan fingerprint density at radius 3 is 3.00 bits per heavy atom. The van der Waals surface area contributed by atoms with E-state index < -0.39 is 5.24 Å². The average Bonchev–Trinajstić information content (AvgIpc) is 2.15. The second-order valence-electron chi connectivity index (χ2n) is 2.28. The molecule has 0 unspecified atom stereocenters. The van der Waals surface area contributed by atoms with Gasteiger partial charge in [0.1, 0.15) is 5.75 Å². The van der Waals surface area contributed by atoms with Crippen molar-refractivity contribution in [2.75, 3.05) is 6.61 Å². The summed E-state index contributed by atoms with van der Waals surface area (Å²) < 4.78 is 4.98. The van der Waals surface area contributed by atoms with Gasteiger partial charge in [-0.05, 0) is 29.8 Å². The fourth-order valence-corrected chi connectivity index (χ4v) is 0.850. The van der Waals surface area contributed by atoms with Crippen molar-refractivity contribution in [3.05, 3.63) is 29.8 Å². The molecule has 13 heavy (non-hydrogen) atoms. The smallest absolute Gasteiger partial charge is 0.259 e. The number of hydrogen-bond acceptors (Lipinski definition) is 3. The third-order valence-electron chi connectivity index (χ3n) is 1.32. The molecule has 3 nitrogen and oxygen atoms in total. The molecule has 66 valence electrons. The van der Waals surface area contributed by atoms with Gasteiger partial charge in [-0.15, -0.1) is 0 Å². The van der Waals surface area contributed by atoms with Crippen LogP contribution < -0.4 is 4.74 Å². The molecule has 0 N–H and O–H groups in total. The van der Waals surface area contributed by atoms with E-state index in [-0.39, 0.29) is 6.61 Å². The Morgan fingerprint density at radius 1 is 1.62 bits per heavy atom. The van der Waals surface area contributed by atoms with Gasteiger partial charge in [-0.2, -0.15) is 5.26 Å². The summed E-state index contributed by atoms with van der Waals surface area (Å²) in [4.78, 5) is 10.3. The van der Waals surface area contributed by atoms with E-state index in [0.717, 1.165) is 0 Å². The number of ether oxygens (including phenoxy) is 1. The third kappa shape index (κ3) is 3.14. The number of carbonyl (C=O) groups excluding carboxylic acids is 1. The monoisotopic (exact) mass is 195 g/mol. The fraction of sp³-hybridized carbons (Fsp3) is 0.111. The minimum Gasteiger partial charge on any atom is -0.484 e. The number of benzene rings is 1. The van der Waals surface area contributed by atoms with E-state index in [1.165, 1.54) is 0 Å². The number of halogens is 1. The normalized spacial score (nSPS) is 8.92. The number of rotatable bonds is 3. The second-order valence-corrected chi connectivity index (χ2v) is 2.70. The Bertz CT molecular complexity index is 357. The maximum Gasteiger partial charge on any atom is 0.259 e. The van der Waals surface area contributed by atoms with Crippen molar-refractivity contribution in [3.8, 4) is 11.8 Å². The molecular weight excluding hydrogens is 190 g/mol. The van der Waals surface area contributed by atoms with Crippen molar-refractivity contribution >= 4 is 16.8 Å². The zero-order valence-electron chi connectivity index (χ0n) is 6.66. The van der Waals surface area contributed by atoms with Crippen LogP contribution in [0, 0.1) is 11.3 Å². The Kier molecular flexibility index (Phi) is 3.30. The number of carbonyl (C=O) groups is 1. The Hall–Kier alpha value is -1.53. The molecule has 0 amide bonds. The van der Waals surface area contributed by atoms with Crippen molar-refractivity contribution in [3.63, 3.8) is 0 Å². The number of hydrogen-bond donors (Lipinski definition) is 0. The molecule has 0 aliphatic carbocycles. The van der Waals surface area contributed by atoms with Crippen LogP contribution >= 0.6 is 11.6 Å². The van der Waals surface area contributed by atoms with E-state index in [9.17, 15) is 4.79 Å². The van der Waals surface area contributed by atoms with Crippen LogP contribution in [0.3, 0.4) is 0 Å². The molecule has 1 aromatic rings. The standard InChI is InChI=1S/C9H6ClNO2/c10-9(12)6-13-8-3-1-2-7(4-8)5-11/h1-4H,6H2. The van der Waals surface area contributed by atoms with Gasteiger partial charge in [-0.25, -0.2) is 0 Å². The van der Waals surface area contributed by atoms with Gasteiger partial charge >= 0.3 is 0 Å². The zero-order chi connectivity index (χ0) is 9.68. The average molecular weight is 196 g/mol. The molecule has 0 heterocycles. The molecule has 0 spiro atoms. The summed E-state index contributed by atoms with van der Waals surface area (Å²) in [7, 11) is 0. The lowest BCUT2D eigenvalue weighted by atomic mass is 10.2. The highest BCUT2D eigenvalue weighted by Gasteiger charge is 1.98. The van der Waals surface area contributed by atoms with E-state index in [0.29, 0.717) is 11.3 Å². The Balaban J connectivity index is 2.68. The van der Waals surface area contributed by atoms with Gasteiger partial charge in [0, 0.05) is 0 Å². The predicted molar refractivity (Wildman–Crippen MR) is 47.5 cm³/mol. The molecule has 0 aromatic heterocycles. The summed E-state index contributed by atoms with van der Waals surface area (Å²) in [5, 5.41) is 7.97. The van der Waals surface area contributed by atoms with Crippen molar-refractivity contribution in [1.82, 2.24) is 0 Å². The lowest BCUT2D eigenvalue weighted by Gasteiger charge is -2.01. The highest BCUT2D eigenvalue weighted by atomic mass is 35.5. The molecule has 0 fully saturated rings. The summed E-state index contributed by atoms with van der Waals surface area (Å²) in [6.07, 6.45) is 0. The van der Waals surface area contributed by atoms with Crippen molar-refractivity contribution in [1.29, 1.82) is 5.26 Å². The minimum absolute atomic E-state index is 0.184. The van der Waals surface area contributed by atoms with E-state index in [2.05, 4.69) is 0 Å². The van der Waals surface area contributed by atoms with Gasteiger partial charge in [0.15, 0.2) is 6.61 Å². The molecule has 1 rings (SSSR count). The van der Waals surface area contributed by atoms with E-state index >= 15 is 0 Å². The molecule has 0 aliphatic rings. The lowest BCUT2D eigenvalue weighted by molar-refractivity contribution is -0.113. The van der Waals surface area contributed by atoms with Crippen LogP contribution in [0.2, 0.25) is 0 Å². The lowest BCUT2D eigenvalue weighted by Crippen LogP contribution is -2.04. The summed E-state index contributed by atoms with van der Waals surface area (Å²) >= 11 is 5.07. The molecule has 4 heteroatoms. The Labute approximate surface area is 80.5 Å². The quantitative estimate of drug-likeness (QED) is 0.690. The first kappa shape index (κ1) is 9.56. The summed E-state index contributed by atoms with van der Waals surface area (Å²) in [6, 6.07) is 8.47. The molecule has 0 saturated carbocycles. The summed E-state index contributed by atoms with van der Waals surface area (Å²) in [5.41, 5.74) is 0.486. The molecule has 0 saturated heterocycles. The van der Waals surface area contributed by atoms with Gasteiger partial charge in [-0.3, -0.25) is 4.79 Å². The first-order valence-corrected chi connectivity index (χ1v) is 3.91. The van der Waals surface area contributed by atoms with Crippen LogP contribution in [0.5, 0.6) is 5.75 Å². The maximum absolute atomic E-state index is 10.3. The molecule has 1 aromatic carbocycles. The van der Waals surface area contributed by atoms with Gasteiger partial charge in [0.2, 0.25) is 0 Å². The van der Waals surface area contributed by atoms with Crippen LogP contribution in [0.25, 0.3) is 0 Å². The molecule has 0 radical (unpaired) electrons. The van der Waals surface area contributed by atoms with E-state index in [4.69, 9.17) is 21.6 Å². The highest BCUT2D eigenvalue weighted by Crippen LogP contribution is 2.12. The first-order chi connectivity index (χ1) is 6.22. The van der Waals surface area contributed by atoms with Crippen LogP contribution in [0.15, 0.2) is 24.3 Å². The SMILES string of the molecule is N#Cc1cccc(OCC(=O)Cl)c1. The zero-order valence-corrected chi connectivity index (χ0v) is 7.41. The van der Waals surface area contributed by atoms with Crippen LogP contribution in [0.1, 0.15) is 5.56 Å². The van der Waals surface area contributed by atoms with Gasteiger partial charge in [0.05, 0.1) is 11.6 Å². The fourth-order valence-electron chi connectivity index (χ4n) is 0.796. The van der Waals surface area contributed by atoms with Gasteiger partial charge in [0.25, 0.3) is 5.24 Å². The van der Waals surface area contributed by atoms with Crippen LogP contribution in [-0.4, -0.2) is 11.8 Å². The van der Waals surface area contributed by atoms with Crippen molar-refractivity contribution < 1.29 is 9.53 Å². The van der Waals surface area contributed by atoms with Crippen molar-refractivity contribution in [2.45, 2.75) is 0 Å². The van der Waals surface area contributed by atoms with E-state index in [1.54, 1.807) is 24.3 Å². The maximum atomic E-state index is 10.3. The van der Waals surface area contributed by atoms with Crippen LogP contribution in [0.4, 0.5) is 0 Å². The molecule has 0 atom stereocenters. The van der Waals surface area contributed by atoms with Gasteiger partial charge < -0.3 is 4.74 Å². The number of nitrogens with zero attached hydrogens (tertiary/aromatic N) is 1. The van der Waals surface area contributed by atoms with Gasteiger partial charge in [-0.1, -0.05) is 6.07 Å². The third-order valence-corrected chi connectivity index (χ3v) is 1.42. The summed E-state index contributed by atoms with van der Waals surface area (Å²) in [5.74, 6) is 0.466. The highest BCUT2D eigenvalue weighted by molar-refractivity contribution is 6.63. The topological polar surface area (TPSA) is 50.1 Å². The largest absolute Gasteiger partial charge is 0.484 e. The van der Waals surface area contributed by atoms with Crippen LogP contribution in [-0.2, 0) is 4.79 Å². The molecule has 0 aliphatic heterocycles. The minimum atomic E-state index is -0.567. The predicted octanol–water partition coefficient (Wildman–Crippen LogP) is 1.70. The number of nitriles is 1. The summed E-state index contributed by atoms with van der Waals surface area (Å²) in [6.45, 7) is -0.184. The Morgan fingerprint density at radius 2 is 2.38 bits per heavy atom. The second kappa shape index (κ2) is 4.48. The van der Waals surface area contributed by atoms with E-state index in [1.807, 2.05) is 6.07 Å². The molecule has 0 bridgehead atoms. The first-order valence-electron chi connectivity index (χ1n) is 3.53.